The van der Waals surface area contributed by atoms with E-state index in [1.165, 1.54) is 0 Å². The third kappa shape index (κ3) is 3.59. The molecule has 1 aromatic carbocycles. The summed E-state index contributed by atoms with van der Waals surface area (Å²) >= 11 is 0. The minimum absolute atomic E-state index is 0.0301. The Hall–Kier alpha value is -1.37. The van der Waals surface area contributed by atoms with Crippen LogP contribution in [0.5, 0.6) is 0 Å². The van der Waals surface area contributed by atoms with Crippen molar-refractivity contribution in [2.75, 3.05) is 27.5 Å². The Morgan fingerprint density at radius 3 is 3.10 bits per heavy atom. The maximum absolute atomic E-state index is 12.2. The molecule has 0 saturated carbocycles. The lowest BCUT2D eigenvalue weighted by atomic mass is 10.1. The summed E-state index contributed by atoms with van der Waals surface area (Å²) in [7, 11) is -3.40. The van der Waals surface area contributed by atoms with Gasteiger partial charge in [-0.3, -0.25) is 0 Å². The van der Waals surface area contributed by atoms with Crippen LogP contribution in [0.15, 0.2) is 24.3 Å². The molecule has 20 heavy (non-hydrogen) atoms. The van der Waals surface area contributed by atoms with E-state index in [0.717, 1.165) is 13.2 Å². The SMILES string of the molecule is [2H]c1c(CS(=O)(=O)N([2H])C)c([2H])c2c(C([2H])([2H])CN(C([2H])([2H])[2H])C([2H])([2H])[2H])cn([2H])c2c1[2H]. The molecule has 0 radical (unpaired) electrons. The Morgan fingerprint density at radius 2 is 2.40 bits per heavy atom. The summed E-state index contributed by atoms with van der Waals surface area (Å²) in [5, 5.41) is -0.426. The van der Waals surface area contributed by atoms with E-state index in [4.69, 9.17) is 17.9 Å². The van der Waals surface area contributed by atoms with Gasteiger partial charge in [0.2, 0.25) is 10.0 Å². The summed E-state index contributed by atoms with van der Waals surface area (Å²) in [5.41, 5.74) is -1.43. The fraction of sp³-hybridized carbons (Fsp3) is 0.429. The standard InChI is InChI=1S/C14H21N3O2S/c1-15-20(18,19)10-11-4-5-14-13(8-11)12(9-16-14)6-7-17(2)3/h4-5,8-9,15-16H,6-7,10H2,1-3H3/i2D3,3D3,4D,5D,6D2,8D/hD2. The molecule has 0 aliphatic carbocycles. The molecule has 0 aliphatic heterocycles. The second kappa shape index (κ2) is 5.95. The zero-order chi connectivity index (χ0) is 25.9. The number of nitrogens with zero attached hydrogens (tertiary/aromatic N) is 1. The second-order valence-electron chi connectivity index (χ2n) is 3.92. The van der Waals surface area contributed by atoms with Gasteiger partial charge in [-0.1, -0.05) is 6.04 Å². The van der Waals surface area contributed by atoms with Gasteiger partial charge in [-0.15, -0.1) is 0 Å². The summed E-state index contributed by atoms with van der Waals surface area (Å²) in [6.45, 7) is -7.62. The summed E-state index contributed by atoms with van der Waals surface area (Å²) < 4.78 is 126. The number of rotatable bonds is 6. The number of sulfonamides is 1. The van der Waals surface area contributed by atoms with Gasteiger partial charge >= 0.3 is 0 Å². The average Bonchev–Trinajstić information content (AvgIpc) is 2.98. The van der Waals surface area contributed by atoms with E-state index in [1.807, 2.05) is 0 Å². The number of nitrogens with one attached hydrogen (secondary N) is 2. The van der Waals surface area contributed by atoms with E-state index in [2.05, 4.69) is 0 Å². The number of H-pyrrole nitrogens is 1. The van der Waals surface area contributed by atoms with Crippen LogP contribution in [-0.2, 0) is 22.1 Å². The van der Waals surface area contributed by atoms with Crippen LogP contribution in [0.25, 0.3) is 10.9 Å². The molecule has 0 spiro atoms. The van der Waals surface area contributed by atoms with Crippen molar-refractivity contribution < 1.29 is 26.3 Å². The average molecular weight is 308 g/mol. The van der Waals surface area contributed by atoms with Crippen LogP contribution >= 0.6 is 0 Å². The number of aromatic nitrogens is 1. The minimum Gasteiger partial charge on any atom is -0.361 e. The molecule has 0 fully saturated rings. The molecule has 5 nitrogen and oxygen atoms in total. The van der Waals surface area contributed by atoms with Gasteiger partial charge in [0.1, 0.15) is 1.41 Å². The highest BCUT2D eigenvalue weighted by molar-refractivity contribution is 7.88. The molecule has 0 amide bonds. The topological polar surface area (TPSA) is 65.2 Å². The van der Waals surface area contributed by atoms with Gasteiger partial charge in [-0.25, -0.2) is 13.1 Å². The molecular weight excluding hydrogens is 274 g/mol. The number of hydrogen-bond acceptors (Lipinski definition) is 3. The predicted octanol–water partition coefficient (Wildman–Crippen LogP) is 1.32. The lowest BCUT2D eigenvalue weighted by Gasteiger charge is -2.08. The highest BCUT2D eigenvalue weighted by Gasteiger charge is 2.11. The maximum atomic E-state index is 12.2. The Kier molecular flexibility index (Phi) is 1.62. The number of aromatic amines is 1. The zero-order valence-electron chi connectivity index (χ0n) is 23.6. The molecule has 0 aliphatic rings. The summed E-state index contributed by atoms with van der Waals surface area (Å²) in [6, 6.07) is -2.08. The van der Waals surface area contributed by atoms with Crippen LogP contribution in [0.1, 0.15) is 26.2 Å². The van der Waals surface area contributed by atoms with Crippen LogP contribution in [0.4, 0.5) is 0 Å². The van der Waals surface area contributed by atoms with Gasteiger partial charge in [-0.2, -0.15) is 0 Å². The molecule has 1 heterocycles. The monoisotopic (exact) mass is 308 g/mol. The van der Waals surface area contributed by atoms with Crippen LogP contribution in [0.3, 0.4) is 0 Å². The van der Waals surface area contributed by atoms with Gasteiger partial charge in [0.15, 0.2) is 1.41 Å². The third-order valence-electron chi connectivity index (χ3n) is 2.47. The van der Waals surface area contributed by atoms with Crippen molar-refractivity contribution in [3.05, 3.63) is 35.5 Å². The maximum Gasteiger partial charge on any atom is 0.215 e. The molecule has 1 aromatic heterocycles. The molecule has 0 atom stereocenters. The van der Waals surface area contributed by atoms with Crippen LogP contribution < -0.4 is 4.72 Å². The Balaban J connectivity index is 2.81. The lowest BCUT2D eigenvalue weighted by molar-refractivity contribution is 0.414. The van der Waals surface area contributed by atoms with E-state index < -0.39 is 82.8 Å². The second-order valence-corrected chi connectivity index (χ2v) is 5.74. The predicted molar refractivity (Wildman–Crippen MR) is 82.2 cm³/mol. The van der Waals surface area contributed by atoms with Crippen molar-refractivity contribution in [3.8, 4) is 0 Å². The van der Waals surface area contributed by atoms with E-state index in [0.29, 0.717) is 4.98 Å². The van der Waals surface area contributed by atoms with E-state index in [9.17, 15) is 8.42 Å². The Bertz CT molecular complexity index is 1150. The van der Waals surface area contributed by atoms with Crippen LogP contribution in [0.2, 0.25) is 2.82 Å². The summed E-state index contributed by atoms with van der Waals surface area (Å²) in [5.74, 6) is -1.02. The Labute approximate surface area is 138 Å². The van der Waals surface area contributed by atoms with Crippen molar-refractivity contribution >= 4 is 20.9 Å². The van der Waals surface area contributed by atoms with E-state index in [1.54, 1.807) is 0 Å². The smallest absolute Gasteiger partial charge is 0.215 e. The fourth-order valence-corrected chi connectivity index (χ4v) is 2.18. The molecule has 0 saturated heterocycles. The van der Waals surface area contributed by atoms with Crippen LogP contribution in [0, 0.1) is 0 Å². The highest BCUT2D eigenvalue weighted by Crippen LogP contribution is 2.21. The molecule has 0 bridgehead atoms. The van der Waals surface area contributed by atoms with Gasteiger partial charge in [0, 0.05) is 34.6 Å². The van der Waals surface area contributed by atoms with Crippen molar-refractivity contribution in [3.63, 3.8) is 0 Å². The van der Waals surface area contributed by atoms with Crippen molar-refractivity contribution in [1.29, 1.82) is 0 Å². The molecule has 2 N–H and O–H groups in total. The number of fused-ring (bicyclic) bond motifs is 1. The molecule has 2 aromatic rings. The first-order chi connectivity index (χ1) is 14.6. The summed E-state index contributed by atoms with van der Waals surface area (Å²) in [6.07, 6.45) is -1.95. The van der Waals surface area contributed by atoms with Gasteiger partial charge in [0.05, 0.1) is 9.87 Å². The third-order valence-corrected chi connectivity index (χ3v) is 3.68. The quantitative estimate of drug-likeness (QED) is 0.846. The molecule has 2 rings (SSSR count). The number of hydrogen-bond donors (Lipinski definition) is 2. The summed E-state index contributed by atoms with van der Waals surface area (Å²) in [4.78, 5) is 0.461. The highest BCUT2D eigenvalue weighted by atomic mass is 32.2. The van der Waals surface area contributed by atoms with Crippen LogP contribution in [-0.4, -0.2) is 45.8 Å². The first-order valence-corrected chi connectivity index (χ1v) is 7.10. The van der Waals surface area contributed by atoms with Gasteiger partial charge in [-0.05, 0) is 50.6 Å². The molecule has 6 heteroatoms. The Morgan fingerprint density at radius 1 is 1.60 bits per heavy atom. The normalized spacial score (nSPS) is 24.1. The van der Waals surface area contributed by atoms with Crippen molar-refractivity contribution in [2.24, 2.45) is 0 Å². The van der Waals surface area contributed by atoms with E-state index >= 15 is 0 Å². The molecule has 110 valence electrons. The largest absolute Gasteiger partial charge is 0.361 e. The minimum atomic E-state index is -4.31. The fourth-order valence-electron chi connectivity index (χ4n) is 1.54. The molecule has 0 unspecified atom stereocenters. The lowest BCUT2D eigenvalue weighted by Crippen LogP contribution is -2.20. The zero-order valence-corrected chi connectivity index (χ0v) is 11.4. The number of benzene rings is 1. The number of likely N-dealkylation sites (N-methyl/N-ethyl adjacent to an activating group) is 1. The van der Waals surface area contributed by atoms with Gasteiger partial charge in [0.25, 0.3) is 0 Å². The first-order valence-electron chi connectivity index (χ1n) is 11.9. The van der Waals surface area contributed by atoms with Gasteiger partial charge < -0.3 is 9.88 Å². The van der Waals surface area contributed by atoms with E-state index in [-0.39, 0.29) is 9.62 Å². The first kappa shape index (κ1) is 5.44. The van der Waals surface area contributed by atoms with Crippen molar-refractivity contribution in [1.82, 2.24) is 14.6 Å². The van der Waals surface area contributed by atoms with Crippen molar-refractivity contribution in [2.45, 2.75) is 12.1 Å². The molecular formula is C14H21N3O2S.